The van der Waals surface area contributed by atoms with Gasteiger partial charge in [-0.15, -0.1) is 0 Å². The molecule has 26 heavy (non-hydrogen) atoms. The fourth-order valence-electron chi connectivity index (χ4n) is 2.87. The fraction of sp³-hybridized carbons (Fsp3) is 0.526. The van der Waals surface area contributed by atoms with Crippen LogP contribution in [0.4, 0.5) is 0 Å². The number of methoxy groups -OCH3 is 1. The van der Waals surface area contributed by atoms with Gasteiger partial charge in [0.15, 0.2) is 0 Å². The van der Waals surface area contributed by atoms with Crippen LogP contribution < -0.4 is 4.74 Å². The number of hydrogen-bond donors (Lipinski definition) is 0. The van der Waals surface area contributed by atoms with Gasteiger partial charge in [0.2, 0.25) is 15.0 Å². The van der Waals surface area contributed by atoms with E-state index in [4.69, 9.17) is 4.74 Å². The molecule has 6 nitrogen and oxygen atoms in total. The molecule has 0 radical (unpaired) electrons. The van der Waals surface area contributed by atoms with Crippen molar-refractivity contribution in [1.82, 2.24) is 14.5 Å². The summed E-state index contributed by atoms with van der Waals surface area (Å²) in [7, 11) is 0.351. The summed E-state index contributed by atoms with van der Waals surface area (Å²) in [5, 5.41) is 0.193. The number of nitrogens with zero attached hydrogens (tertiary/aromatic N) is 3. The first-order chi connectivity index (χ1) is 12.4. The van der Waals surface area contributed by atoms with Gasteiger partial charge in [-0.1, -0.05) is 32.4 Å². The highest BCUT2D eigenvalue weighted by Crippen LogP contribution is 2.18. The van der Waals surface area contributed by atoms with Crippen LogP contribution in [0.1, 0.15) is 37.9 Å². The minimum Gasteiger partial charge on any atom is -0.497 e. The Balaban J connectivity index is 2.19. The molecule has 0 saturated heterocycles. The van der Waals surface area contributed by atoms with Crippen LogP contribution in [0, 0.1) is 0 Å². The monoisotopic (exact) mass is 379 g/mol. The second-order valence-corrected chi connectivity index (χ2v) is 8.64. The molecule has 0 unspecified atom stereocenters. The Hall–Kier alpha value is -1.86. The number of sulfone groups is 1. The summed E-state index contributed by atoms with van der Waals surface area (Å²) in [5.74, 6) is 0.898. The Morgan fingerprint density at radius 2 is 2.00 bits per heavy atom. The Morgan fingerprint density at radius 1 is 1.23 bits per heavy atom. The van der Waals surface area contributed by atoms with Gasteiger partial charge in [0.25, 0.3) is 0 Å². The highest BCUT2D eigenvalue weighted by atomic mass is 32.2. The number of benzene rings is 1. The Labute approximate surface area is 156 Å². The molecule has 0 amide bonds. The van der Waals surface area contributed by atoms with Crippen molar-refractivity contribution in [3.8, 4) is 5.75 Å². The molecule has 0 fully saturated rings. The topological polar surface area (TPSA) is 64.4 Å². The third-order valence-electron chi connectivity index (χ3n) is 4.31. The molecule has 7 heteroatoms. The lowest BCUT2D eigenvalue weighted by Gasteiger charge is -2.19. The lowest BCUT2D eigenvalue weighted by atomic mass is 10.2. The Bertz CT molecular complexity index is 815. The number of ether oxygens (including phenoxy) is 1. The standard InChI is InChI=1S/C19H29N3O3S/c1-5-7-11-22-17(13-20-19(22)26(23,24)6-2)15-21(3)14-16-9-8-10-18(12-16)25-4/h8-10,12-13H,5-7,11,14-15H2,1-4H3. The highest BCUT2D eigenvalue weighted by molar-refractivity contribution is 7.91. The third kappa shape index (κ3) is 5.08. The van der Waals surface area contributed by atoms with Gasteiger partial charge in [0.05, 0.1) is 24.8 Å². The zero-order valence-electron chi connectivity index (χ0n) is 16.1. The summed E-state index contributed by atoms with van der Waals surface area (Å²) in [6.07, 6.45) is 3.62. The average molecular weight is 380 g/mol. The summed E-state index contributed by atoms with van der Waals surface area (Å²) in [6.45, 7) is 5.80. The zero-order chi connectivity index (χ0) is 19.2. The van der Waals surface area contributed by atoms with Gasteiger partial charge >= 0.3 is 0 Å². The van der Waals surface area contributed by atoms with Crippen molar-refractivity contribution in [1.29, 1.82) is 0 Å². The van der Waals surface area contributed by atoms with Crippen molar-refractivity contribution in [3.63, 3.8) is 0 Å². The lowest BCUT2D eigenvalue weighted by Crippen LogP contribution is -2.21. The van der Waals surface area contributed by atoms with Crippen LogP contribution in [0.2, 0.25) is 0 Å². The summed E-state index contributed by atoms with van der Waals surface area (Å²) in [6, 6.07) is 7.96. The fourth-order valence-corrected chi connectivity index (χ4v) is 3.88. The molecular formula is C19H29N3O3S. The predicted molar refractivity (Wildman–Crippen MR) is 103 cm³/mol. The lowest BCUT2D eigenvalue weighted by molar-refractivity contribution is 0.306. The SMILES string of the molecule is CCCCn1c(CN(C)Cc2cccc(OC)c2)cnc1S(=O)(=O)CC. The third-order valence-corrected chi connectivity index (χ3v) is 5.96. The molecule has 0 atom stereocenters. The molecule has 0 spiro atoms. The maximum Gasteiger partial charge on any atom is 0.227 e. The van der Waals surface area contributed by atoms with Crippen LogP contribution in [0.15, 0.2) is 35.6 Å². The molecule has 0 aliphatic carbocycles. The van der Waals surface area contributed by atoms with Crippen molar-refractivity contribution in [2.75, 3.05) is 19.9 Å². The summed E-state index contributed by atoms with van der Waals surface area (Å²) < 4.78 is 31.8. The van der Waals surface area contributed by atoms with Gasteiger partial charge in [-0.05, 0) is 31.2 Å². The minimum absolute atomic E-state index is 0.0647. The van der Waals surface area contributed by atoms with Crippen LogP contribution >= 0.6 is 0 Å². The van der Waals surface area contributed by atoms with Crippen molar-refractivity contribution < 1.29 is 13.2 Å². The second-order valence-electron chi connectivity index (χ2n) is 6.46. The van der Waals surface area contributed by atoms with E-state index in [0.717, 1.165) is 36.4 Å². The first-order valence-electron chi connectivity index (χ1n) is 8.99. The highest BCUT2D eigenvalue weighted by Gasteiger charge is 2.21. The summed E-state index contributed by atoms with van der Waals surface area (Å²) in [5.41, 5.74) is 2.07. The van der Waals surface area contributed by atoms with Gasteiger partial charge in [-0.3, -0.25) is 4.90 Å². The summed E-state index contributed by atoms with van der Waals surface area (Å²) in [4.78, 5) is 6.38. The Morgan fingerprint density at radius 3 is 2.65 bits per heavy atom. The van der Waals surface area contributed by atoms with Crippen molar-refractivity contribution >= 4 is 9.84 Å². The maximum absolute atomic E-state index is 12.3. The molecule has 0 N–H and O–H groups in total. The number of unbranched alkanes of at least 4 members (excludes halogenated alkanes) is 1. The number of rotatable bonds is 10. The van der Waals surface area contributed by atoms with Gasteiger partial charge < -0.3 is 9.30 Å². The van der Waals surface area contributed by atoms with Crippen LogP contribution in [0.3, 0.4) is 0 Å². The van der Waals surface area contributed by atoms with Gasteiger partial charge in [0.1, 0.15) is 5.75 Å². The molecule has 1 aromatic heterocycles. The largest absolute Gasteiger partial charge is 0.497 e. The van der Waals surface area contributed by atoms with Crippen molar-refractivity contribution in [2.45, 2.75) is 51.5 Å². The van der Waals surface area contributed by atoms with Crippen molar-refractivity contribution in [2.24, 2.45) is 0 Å². The van der Waals surface area contributed by atoms with E-state index in [1.165, 1.54) is 0 Å². The van der Waals surface area contributed by atoms with E-state index in [1.54, 1.807) is 20.2 Å². The molecule has 0 aliphatic heterocycles. The smallest absolute Gasteiger partial charge is 0.227 e. The quantitative estimate of drug-likeness (QED) is 0.635. The normalized spacial score (nSPS) is 11.9. The van der Waals surface area contributed by atoms with E-state index in [9.17, 15) is 8.42 Å². The van der Waals surface area contributed by atoms with E-state index in [1.807, 2.05) is 29.8 Å². The number of imidazole rings is 1. The zero-order valence-corrected chi connectivity index (χ0v) is 16.9. The molecule has 1 aromatic carbocycles. The van der Waals surface area contributed by atoms with Crippen LogP contribution in [-0.2, 0) is 29.5 Å². The minimum atomic E-state index is -3.33. The molecule has 0 saturated carbocycles. The molecule has 2 rings (SSSR count). The average Bonchev–Trinajstić information content (AvgIpc) is 3.03. The van der Waals surface area contributed by atoms with Gasteiger partial charge in [-0.25, -0.2) is 13.4 Å². The molecule has 2 aromatic rings. The van der Waals surface area contributed by atoms with E-state index in [2.05, 4.69) is 22.9 Å². The van der Waals surface area contributed by atoms with Gasteiger partial charge in [0, 0.05) is 19.6 Å². The van der Waals surface area contributed by atoms with E-state index in [0.29, 0.717) is 13.1 Å². The molecule has 1 heterocycles. The van der Waals surface area contributed by atoms with E-state index < -0.39 is 9.84 Å². The predicted octanol–water partition coefficient (Wildman–Crippen LogP) is 3.12. The van der Waals surface area contributed by atoms with Crippen LogP contribution in [0.25, 0.3) is 0 Å². The number of hydrogen-bond acceptors (Lipinski definition) is 5. The molecule has 0 aliphatic rings. The van der Waals surface area contributed by atoms with Crippen LogP contribution in [-0.4, -0.2) is 42.8 Å². The number of aromatic nitrogens is 2. The second kappa shape index (κ2) is 9.19. The molecule has 0 bridgehead atoms. The van der Waals surface area contributed by atoms with E-state index >= 15 is 0 Å². The molecule has 144 valence electrons. The first kappa shape index (κ1) is 20.5. The molecular weight excluding hydrogens is 350 g/mol. The maximum atomic E-state index is 12.3. The summed E-state index contributed by atoms with van der Waals surface area (Å²) >= 11 is 0. The van der Waals surface area contributed by atoms with Gasteiger partial charge in [-0.2, -0.15) is 0 Å². The first-order valence-corrected chi connectivity index (χ1v) is 10.6. The van der Waals surface area contributed by atoms with Crippen LogP contribution in [0.5, 0.6) is 5.75 Å². The van der Waals surface area contributed by atoms with E-state index in [-0.39, 0.29) is 10.9 Å². The van der Waals surface area contributed by atoms with Crippen molar-refractivity contribution in [3.05, 3.63) is 41.7 Å². The Kier molecular flexibility index (Phi) is 7.23.